The normalized spacial score (nSPS) is 22.9. The van der Waals surface area contributed by atoms with Crippen molar-refractivity contribution in [2.24, 2.45) is 0 Å². The maximum Gasteiger partial charge on any atom is 0.282 e. The van der Waals surface area contributed by atoms with Gasteiger partial charge in [-0.15, -0.1) is 0 Å². The predicted molar refractivity (Wildman–Crippen MR) is 54.7 cm³/mol. The molecule has 0 spiro atoms. The molecule has 1 atom stereocenters. The summed E-state index contributed by atoms with van der Waals surface area (Å²) < 4.78 is 0. The Hall–Kier alpha value is -0.870. The molecule has 4 nitrogen and oxygen atoms in total. The first-order valence-electron chi connectivity index (χ1n) is 4.60. The maximum absolute atomic E-state index is 11.0. The zero-order valence-electron chi connectivity index (χ0n) is 7.96. The number of hydrogen-bond donors (Lipinski definition) is 1. The van der Waals surface area contributed by atoms with Gasteiger partial charge in [-0.2, -0.15) is 5.10 Å². The monoisotopic (exact) mass is 213 g/mol. The summed E-state index contributed by atoms with van der Waals surface area (Å²) in [5.74, 6) is 0.398. The number of rotatable bonds is 1. The van der Waals surface area contributed by atoms with Gasteiger partial charge in [0.15, 0.2) is 0 Å². The Balaban J connectivity index is 2.25. The number of aromatic nitrogens is 2. The molecule has 14 heavy (non-hydrogen) atoms. The van der Waals surface area contributed by atoms with Gasteiger partial charge in [-0.1, -0.05) is 11.6 Å². The molecule has 0 amide bonds. The maximum atomic E-state index is 11.0. The van der Waals surface area contributed by atoms with E-state index in [2.05, 4.69) is 22.1 Å². The highest BCUT2D eigenvalue weighted by Gasteiger charge is 2.22. The van der Waals surface area contributed by atoms with Gasteiger partial charge >= 0.3 is 0 Å². The summed E-state index contributed by atoms with van der Waals surface area (Å²) in [6.45, 7) is 2.05. The van der Waals surface area contributed by atoms with E-state index in [9.17, 15) is 4.79 Å². The van der Waals surface area contributed by atoms with Gasteiger partial charge in [0.25, 0.3) is 5.56 Å². The Bertz CT molecular complexity index is 390. The molecule has 0 bridgehead atoms. The minimum atomic E-state index is -0.318. The topological polar surface area (TPSA) is 49.0 Å². The molecule has 1 unspecified atom stereocenters. The quantitative estimate of drug-likeness (QED) is 0.752. The number of halogens is 1. The summed E-state index contributed by atoms with van der Waals surface area (Å²) in [4.78, 5) is 13.2. The molecule has 1 N–H and O–H groups in total. The SMILES string of the molecule is CN1CCC(c2cc(Cl)c(=O)[nH]n2)C1. The third kappa shape index (κ3) is 1.81. The number of nitrogens with zero attached hydrogens (tertiary/aromatic N) is 2. The van der Waals surface area contributed by atoms with Crippen LogP contribution < -0.4 is 5.56 Å². The highest BCUT2D eigenvalue weighted by Crippen LogP contribution is 2.24. The van der Waals surface area contributed by atoms with Crippen LogP contribution in [0.4, 0.5) is 0 Å². The Morgan fingerprint density at radius 1 is 1.71 bits per heavy atom. The number of hydrogen-bond acceptors (Lipinski definition) is 3. The van der Waals surface area contributed by atoms with Gasteiger partial charge in [-0.25, -0.2) is 5.10 Å². The summed E-state index contributed by atoms with van der Waals surface area (Å²) >= 11 is 5.73. The summed E-state index contributed by atoms with van der Waals surface area (Å²) in [5.41, 5.74) is 0.570. The zero-order valence-corrected chi connectivity index (χ0v) is 8.71. The fourth-order valence-electron chi connectivity index (χ4n) is 1.78. The third-order valence-electron chi connectivity index (χ3n) is 2.59. The van der Waals surface area contributed by atoms with E-state index < -0.39 is 0 Å². The Kier molecular flexibility index (Phi) is 2.56. The second-order valence-corrected chi connectivity index (χ2v) is 4.12. The summed E-state index contributed by atoms with van der Waals surface area (Å²) in [7, 11) is 2.08. The molecule has 1 aliphatic heterocycles. The molecule has 1 fully saturated rings. The fraction of sp³-hybridized carbons (Fsp3) is 0.556. The minimum absolute atomic E-state index is 0.226. The molecule has 1 aromatic heterocycles. The number of H-pyrrole nitrogens is 1. The van der Waals surface area contributed by atoms with Crippen LogP contribution in [0.5, 0.6) is 0 Å². The van der Waals surface area contributed by atoms with Crippen molar-refractivity contribution in [1.82, 2.24) is 15.1 Å². The smallest absolute Gasteiger partial charge is 0.282 e. The van der Waals surface area contributed by atoms with Crippen LogP contribution in [0.1, 0.15) is 18.0 Å². The van der Waals surface area contributed by atoms with Gasteiger partial charge in [-0.3, -0.25) is 4.79 Å². The minimum Gasteiger partial charge on any atom is -0.306 e. The summed E-state index contributed by atoms with van der Waals surface area (Å²) in [6, 6.07) is 1.67. The van der Waals surface area contributed by atoms with E-state index in [1.807, 2.05) is 0 Å². The van der Waals surface area contributed by atoms with Crippen LogP contribution in [-0.2, 0) is 0 Å². The lowest BCUT2D eigenvalue weighted by atomic mass is 10.1. The number of nitrogens with one attached hydrogen (secondary N) is 1. The van der Waals surface area contributed by atoms with Crippen molar-refractivity contribution in [3.05, 3.63) is 27.1 Å². The van der Waals surface area contributed by atoms with Gasteiger partial charge in [0.05, 0.1) is 5.69 Å². The van der Waals surface area contributed by atoms with Crippen LogP contribution in [0, 0.1) is 0 Å². The van der Waals surface area contributed by atoms with Crippen LogP contribution in [0.15, 0.2) is 10.9 Å². The first-order chi connectivity index (χ1) is 6.66. The van der Waals surface area contributed by atoms with Crippen LogP contribution in [0.2, 0.25) is 5.02 Å². The zero-order chi connectivity index (χ0) is 10.1. The van der Waals surface area contributed by atoms with Crippen LogP contribution in [0.25, 0.3) is 0 Å². The second-order valence-electron chi connectivity index (χ2n) is 3.72. The van der Waals surface area contributed by atoms with Crippen molar-refractivity contribution < 1.29 is 0 Å². The second kappa shape index (κ2) is 3.71. The third-order valence-corrected chi connectivity index (χ3v) is 2.87. The van der Waals surface area contributed by atoms with E-state index in [0.29, 0.717) is 5.92 Å². The molecule has 1 aliphatic rings. The number of aromatic amines is 1. The van der Waals surface area contributed by atoms with E-state index in [4.69, 9.17) is 11.6 Å². The first-order valence-corrected chi connectivity index (χ1v) is 4.98. The number of likely N-dealkylation sites (N-methyl/N-ethyl adjacent to an activating group) is 1. The molecule has 76 valence electrons. The van der Waals surface area contributed by atoms with E-state index in [1.54, 1.807) is 6.07 Å². The number of likely N-dealkylation sites (tertiary alicyclic amines) is 1. The first kappa shape index (κ1) is 9.68. The van der Waals surface area contributed by atoms with Crippen molar-refractivity contribution in [1.29, 1.82) is 0 Å². The highest BCUT2D eigenvalue weighted by atomic mass is 35.5. The molecule has 0 aliphatic carbocycles. The molecular formula is C9H12ClN3O. The van der Waals surface area contributed by atoms with E-state index in [0.717, 1.165) is 25.2 Å². The molecule has 1 saturated heterocycles. The van der Waals surface area contributed by atoms with Gasteiger partial charge in [0.2, 0.25) is 0 Å². The lowest BCUT2D eigenvalue weighted by molar-refractivity contribution is 0.410. The van der Waals surface area contributed by atoms with Gasteiger partial charge in [-0.05, 0) is 26.1 Å². The highest BCUT2D eigenvalue weighted by molar-refractivity contribution is 6.30. The average Bonchev–Trinajstić information content (AvgIpc) is 2.57. The molecule has 0 radical (unpaired) electrons. The summed E-state index contributed by atoms with van der Waals surface area (Å²) in [6.07, 6.45) is 1.08. The largest absolute Gasteiger partial charge is 0.306 e. The molecule has 2 rings (SSSR count). The molecule has 0 aromatic carbocycles. The Morgan fingerprint density at radius 3 is 3.07 bits per heavy atom. The van der Waals surface area contributed by atoms with E-state index >= 15 is 0 Å². The fourth-order valence-corrected chi connectivity index (χ4v) is 1.94. The Morgan fingerprint density at radius 2 is 2.50 bits per heavy atom. The average molecular weight is 214 g/mol. The molecule has 2 heterocycles. The molecule has 1 aromatic rings. The van der Waals surface area contributed by atoms with Gasteiger partial charge in [0, 0.05) is 12.5 Å². The standard InChI is InChI=1S/C9H12ClN3O/c1-13-3-2-6(5-13)8-4-7(10)9(14)12-11-8/h4,6H,2-3,5H2,1H3,(H,12,14). The van der Waals surface area contributed by atoms with Crippen molar-refractivity contribution in [3.63, 3.8) is 0 Å². The van der Waals surface area contributed by atoms with E-state index in [1.165, 1.54) is 0 Å². The van der Waals surface area contributed by atoms with Crippen molar-refractivity contribution in [2.75, 3.05) is 20.1 Å². The summed E-state index contributed by atoms with van der Waals surface area (Å²) in [5, 5.41) is 6.64. The molecule has 0 saturated carbocycles. The lowest BCUT2D eigenvalue weighted by Crippen LogP contribution is -2.16. The molecule has 5 heteroatoms. The van der Waals surface area contributed by atoms with Gasteiger partial charge in [0.1, 0.15) is 5.02 Å². The van der Waals surface area contributed by atoms with Crippen molar-refractivity contribution >= 4 is 11.6 Å². The van der Waals surface area contributed by atoms with Crippen molar-refractivity contribution in [3.8, 4) is 0 Å². The van der Waals surface area contributed by atoms with E-state index in [-0.39, 0.29) is 10.6 Å². The van der Waals surface area contributed by atoms with Gasteiger partial charge < -0.3 is 4.90 Å². The van der Waals surface area contributed by atoms with Crippen LogP contribution in [-0.4, -0.2) is 35.2 Å². The lowest BCUT2D eigenvalue weighted by Gasteiger charge is -2.08. The van der Waals surface area contributed by atoms with Crippen LogP contribution in [0.3, 0.4) is 0 Å². The van der Waals surface area contributed by atoms with Crippen LogP contribution >= 0.6 is 11.6 Å². The van der Waals surface area contributed by atoms with Crippen molar-refractivity contribution in [2.45, 2.75) is 12.3 Å². The Labute approximate surface area is 86.9 Å². The predicted octanol–water partition coefficient (Wildman–Crippen LogP) is 0.842. The molecular weight excluding hydrogens is 202 g/mol.